The molecule has 0 fully saturated rings. The highest BCUT2D eigenvalue weighted by Crippen LogP contribution is 2.17. The first kappa shape index (κ1) is 13.3. The Morgan fingerprint density at radius 1 is 1.42 bits per heavy atom. The summed E-state index contributed by atoms with van der Waals surface area (Å²) in [5.41, 5.74) is 2.69. The Bertz CT molecular complexity index is 590. The highest BCUT2D eigenvalue weighted by molar-refractivity contribution is 5.86. The number of nitrogens with zero attached hydrogens (tertiary/aromatic N) is 2. The van der Waals surface area contributed by atoms with Gasteiger partial charge in [0.2, 0.25) is 0 Å². The molecule has 0 unspecified atom stereocenters. The first-order valence-corrected chi connectivity index (χ1v) is 6.00. The Balaban J connectivity index is 2.41. The molecule has 0 saturated carbocycles. The zero-order valence-corrected chi connectivity index (χ0v) is 11.0. The van der Waals surface area contributed by atoms with E-state index in [1.807, 2.05) is 24.3 Å². The minimum Gasteiger partial charge on any atom is -0.476 e. The summed E-state index contributed by atoms with van der Waals surface area (Å²) >= 11 is 0. The average Bonchev–Trinajstić information content (AvgIpc) is 2.79. The molecule has 1 N–H and O–H groups in total. The van der Waals surface area contributed by atoms with E-state index in [1.54, 1.807) is 24.9 Å². The third-order valence-electron chi connectivity index (χ3n) is 2.91. The summed E-state index contributed by atoms with van der Waals surface area (Å²) in [4.78, 5) is 11.0. The van der Waals surface area contributed by atoms with Crippen molar-refractivity contribution < 1.29 is 14.6 Å². The minimum atomic E-state index is -1.01. The lowest BCUT2D eigenvalue weighted by molar-refractivity contribution is 0.0689. The molecule has 19 heavy (non-hydrogen) atoms. The molecule has 1 aromatic carbocycles. The predicted octanol–water partition coefficient (Wildman–Crippen LogP) is 2.07. The molecule has 0 radical (unpaired) electrons. The van der Waals surface area contributed by atoms with Crippen molar-refractivity contribution in [2.45, 2.75) is 13.3 Å². The molecule has 0 atom stereocenters. The summed E-state index contributed by atoms with van der Waals surface area (Å²) < 4.78 is 6.69. The number of methoxy groups -OCH3 is 1. The van der Waals surface area contributed by atoms with E-state index in [0.29, 0.717) is 12.2 Å². The molecule has 100 valence electrons. The molecule has 2 aromatic rings. The van der Waals surface area contributed by atoms with Gasteiger partial charge in [-0.25, -0.2) is 9.48 Å². The minimum absolute atomic E-state index is 0.0848. The standard InChI is InChI=1S/C14H16N2O3/c1-10-9-16(15-13(10)14(17)18)12-6-4-3-5-11(12)7-8-19-2/h3-6,9H,7-8H2,1-2H3,(H,17,18). The number of rotatable bonds is 5. The number of hydrogen-bond acceptors (Lipinski definition) is 3. The SMILES string of the molecule is COCCc1ccccc1-n1cc(C)c(C(=O)O)n1. The van der Waals surface area contributed by atoms with Crippen molar-refractivity contribution in [3.63, 3.8) is 0 Å². The van der Waals surface area contributed by atoms with Gasteiger partial charge in [0, 0.05) is 18.9 Å². The van der Waals surface area contributed by atoms with Crippen LogP contribution in [0, 0.1) is 6.92 Å². The summed E-state index contributed by atoms with van der Waals surface area (Å²) in [5.74, 6) is -1.01. The number of carboxylic acid groups (broad SMARTS) is 1. The van der Waals surface area contributed by atoms with Crippen molar-refractivity contribution in [2.24, 2.45) is 0 Å². The molecule has 0 aliphatic heterocycles. The molecule has 5 heteroatoms. The number of ether oxygens (including phenoxy) is 1. The fourth-order valence-electron chi connectivity index (χ4n) is 1.95. The maximum atomic E-state index is 11.0. The first-order valence-electron chi connectivity index (χ1n) is 6.00. The van der Waals surface area contributed by atoms with Crippen LogP contribution < -0.4 is 0 Å². The van der Waals surface area contributed by atoms with Gasteiger partial charge in [-0.2, -0.15) is 5.10 Å². The fourth-order valence-corrected chi connectivity index (χ4v) is 1.95. The smallest absolute Gasteiger partial charge is 0.356 e. The van der Waals surface area contributed by atoms with Crippen LogP contribution in [0.3, 0.4) is 0 Å². The van der Waals surface area contributed by atoms with Crippen molar-refractivity contribution in [1.82, 2.24) is 9.78 Å². The molecule has 0 amide bonds. The van der Waals surface area contributed by atoms with Gasteiger partial charge >= 0.3 is 5.97 Å². The Morgan fingerprint density at radius 2 is 2.16 bits per heavy atom. The molecular formula is C14H16N2O3. The van der Waals surface area contributed by atoms with Crippen LogP contribution in [0.25, 0.3) is 5.69 Å². The second-order valence-electron chi connectivity index (χ2n) is 4.28. The van der Waals surface area contributed by atoms with Crippen LogP contribution >= 0.6 is 0 Å². The molecule has 1 heterocycles. The van der Waals surface area contributed by atoms with Crippen LogP contribution in [0.1, 0.15) is 21.6 Å². The normalized spacial score (nSPS) is 10.6. The van der Waals surface area contributed by atoms with Gasteiger partial charge in [-0.3, -0.25) is 0 Å². The van der Waals surface area contributed by atoms with E-state index in [9.17, 15) is 4.79 Å². The monoisotopic (exact) mass is 260 g/mol. The molecule has 5 nitrogen and oxygen atoms in total. The van der Waals surface area contributed by atoms with Crippen LogP contribution in [0.2, 0.25) is 0 Å². The number of aromatic carboxylic acids is 1. The van der Waals surface area contributed by atoms with Crippen LogP contribution in [0.4, 0.5) is 0 Å². The van der Waals surface area contributed by atoms with Crippen LogP contribution in [-0.4, -0.2) is 34.6 Å². The van der Waals surface area contributed by atoms with E-state index in [0.717, 1.165) is 17.7 Å². The summed E-state index contributed by atoms with van der Waals surface area (Å²) in [6, 6.07) is 7.76. The van der Waals surface area contributed by atoms with Gasteiger partial charge in [0.1, 0.15) is 0 Å². The van der Waals surface area contributed by atoms with Gasteiger partial charge in [0.15, 0.2) is 5.69 Å². The molecule has 1 aromatic heterocycles. The number of aromatic nitrogens is 2. The average molecular weight is 260 g/mol. The zero-order chi connectivity index (χ0) is 13.8. The van der Waals surface area contributed by atoms with Crippen molar-refractivity contribution in [3.05, 3.63) is 47.3 Å². The van der Waals surface area contributed by atoms with Crippen LogP contribution in [0.15, 0.2) is 30.5 Å². The second kappa shape index (κ2) is 5.67. The Hall–Kier alpha value is -2.14. The summed E-state index contributed by atoms with van der Waals surface area (Å²) in [6.07, 6.45) is 2.49. The summed E-state index contributed by atoms with van der Waals surface area (Å²) in [7, 11) is 1.66. The van der Waals surface area contributed by atoms with Gasteiger partial charge < -0.3 is 9.84 Å². The molecule has 0 aliphatic rings. The zero-order valence-electron chi connectivity index (χ0n) is 11.0. The summed E-state index contributed by atoms with van der Waals surface area (Å²) in [5, 5.41) is 13.2. The molecule has 0 bridgehead atoms. The number of carboxylic acids is 1. The third kappa shape index (κ3) is 2.82. The van der Waals surface area contributed by atoms with Crippen molar-refractivity contribution in [2.75, 3.05) is 13.7 Å². The molecule has 0 spiro atoms. The van der Waals surface area contributed by atoms with Gasteiger partial charge in [-0.1, -0.05) is 18.2 Å². The van der Waals surface area contributed by atoms with E-state index >= 15 is 0 Å². The Kier molecular flexibility index (Phi) is 3.97. The summed E-state index contributed by atoms with van der Waals surface area (Å²) in [6.45, 7) is 2.35. The maximum absolute atomic E-state index is 11.0. The van der Waals surface area contributed by atoms with E-state index in [2.05, 4.69) is 5.10 Å². The number of benzene rings is 1. The van der Waals surface area contributed by atoms with Gasteiger partial charge in [-0.15, -0.1) is 0 Å². The predicted molar refractivity (Wildman–Crippen MR) is 70.8 cm³/mol. The molecule has 2 rings (SSSR count). The Labute approximate surface area is 111 Å². The lowest BCUT2D eigenvalue weighted by Gasteiger charge is -2.08. The lowest BCUT2D eigenvalue weighted by Crippen LogP contribution is -2.05. The van der Waals surface area contributed by atoms with E-state index in [-0.39, 0.29) is 5.69 Å². The van der Waals surface area contributed by atoms with Crippen LogP contribution in [-0.2, 0) is 11.2 Å². The number of para-hydroxylation sites is 1. The topological polar surface area (TPSA) is 64.3 Å². The Morgan fingerprint density at radius 3 is 2.79 bits per heavy atom. The van der Waals surface area contributed by atoms with E-state index in [4.69, 9.17) is 9.84 Å². The number of aryl methyl sites for hydroxylation is 1. The maximum Gasteiger partial charge on any atom is 0.356 e. The van der Waals surface area contributed by atoms with Crippen molar-refractivity contribution in [3.8, 4) is 5.69 Å². The number of hydrogen-bond donors (Lipinski definition) is 1. The van der Waals surface area contributed by atoms with Gasteiger partial charge in [0.05, 0.1) is 12.3 Å². The quantitative estimate of drug-likeness (QED) is 0.893. The molecule has 0 aliphatic carbocycles. The van der Waals surface area contributed by atoms with Crippen molar-refractivity contribution in [1.29, 1.82) is 0 Å². The largest absolute Gasteiger partial charge is 0.476 e. The molecule has 0 saturated heterocycles. The van der Waals surface area contributed by atoms with E-state index < -0.39 is 5.97 Å². The van der Waals surface area contributed by atoms with Crippen LogP contribution in [0.5, 0.6) is 0 Å². The number of carbonyl (C=O) groups is 1. The lowest BCUT2D eigenvalue weighted by atomic mass is 10.1. The van der Waals surface area contributed by atoms with Gasteiger partial charge in [-0.05, 0) is 25.0 Å². The molecular weight excluding hydrogens is 244 g/mol. The van der Waals surface area contributed by atoms with E-state index in [1.165, 1.54) is 0 Å². The highest BCUT2D eigenvalue weighted by Gasteiger charge is 2.14. The third-order valence-corrected chi connectivity index (χ3v) is 2.91. The van der Waals surface area contributed by atoms with Gasteiger partial charge in [0.25, 0.3) is 0 Å². The fraction of sp³-hybridized carbons (Fsp3) is 0.286. The first-order chi connectivity index (χ1) is 9.13. The highest BCUT2D eigenvalue weighted by atomic mass is 16.5. The van der Waals surface area contributed by atoms with Crippen molar-refractivity contribution >= 4 is 5.97 Å². The second-order valence-corrected chi connectivity index (χ2v) is 4.28.